The van der Waals surface area contributed by atoms with Crippen molar-refractivity contribution in [1.82, 2.24) is 14.4 Å². The molecule has 4 rings (SSSR count). The summed E-state index contributed by atoms with van der Waals surface area (Å²) in [6.07, 6.45) is 1.59. The number of nitrogens with two attached hydrogens (primary N) is 1. The highest BCUT2D eigenvalue weighted by Gasteiger charge is 2.18. The third kappa shape index (κ3) is 3.73. The van der Waals surface area contributed by atoms with Gasteiger partial charge in [-0.3, -0.25) is 14.5 Å². The van der Waals surface area contributed by atoms with Crippen LogP contribution in [0.5, 0.6) is 5.75 Å². The molecule has 2 N–H and O–H groups in total. The summed E-state index contributed by atoms with van der Waals surface area (Å²) in [4.78, 5) is 19.3. The average Bonchev–Trinajstić information content (AvgIpc) is 3.16. The van der Waals surface area contributed by atoms with Crippen molar-refractivity contribution in [2.24, 2.45) is 0 Å². The maximum Gasteiger partial charge on any atom is 0.269 e. The van der Waals surface area contributed by atoms with Crippen LogP contribution in [0.4, 0.5) is 11.6 Å². The van der Waals surface area contributed by atoms with Crippen LogP contribution in [0.15, 0.2) is 60.8 Å². The molecule has 0 atom stereocenters. The van der Waals surface area contributed by atoms with Gasteiger partial charge in [0.25, 0.3) is 5.69 Å². The lowest BCUT2D eigenvalue weighted by atomic mass is 10.0. The number of nitro groups is 1. The Hall–Kier alpha value is -3.94. The molecule has 29 heavy (non-hydrogen) atoms. The van der Waals surface area contributed by atoms with Gasteiger partial charge in [-0.2, -0.15) is 0 Å². The van der Waals surface area contributed by atoms with Crippen molar-refractivity contribution in [1.29, 1.82) is 0 Å². The van der Waals surface area contributed by atoms with E-state index in [-0.39, 0.29) is 5.69 Å². The zero-order chi connectivity index (χ0) is 21.0. The van der Waals surface area contributed by atoms with Crippen LogP contribution in [0.1, 0.15) is 13.8 Å². The van der Waals surface area contributed by atoms with Gasteiger partial charge >= 0.3 is 0 Å². The van der Waals surface area contributed by atoms with Crippen LogP contribution < -0.4 is 10.5 Å². The third-order valence-corrected chi connectivity index (χ3v) is 4.28. The molecule has 0 spiro atoms. The molecule has 0 unspecified atom stereocenters. The van der Waals surface area contributed by atoms with Crippen LogP contribution in [0.25, 0.3) is 28.2 Å². The molecule has 8 nitrogen and oxygen atoms in total. The Morgan fingerprint density at radius 3 is 2.21 bits per heavy atom. The smallest absolute Gasteiger partial charge is 0.269 e. The highest BCUT2D eigenvalue weighted by Crippen LogP contribution is 2.35. The summed E-state index contributed by atoms with van der Waals surface area (Å²) in [6, 6.07) is 15.5. The third-order valence-electron chi connectivity index (χ3n) is 4.28. The van der Waals surface area contributed by atoms with E-state index >= 15 is 0 Å². The summed E-state index contributed by atoms with van der Waals surface area (Å²) >= 11 is 0. The number of anilines is 1. The van der Waals surface area contributed by atoms with Crippen LogP contribution in [0.2, 0.25) is 0 Å². The molecule has 2 aromatic carbocycles. The van der Waals surface area contributed by atoms with Crippen molar-refractivity contribution in [3.8, 4) is 28.3 Å². The summed E-state index contributed by atoms with van der Waals surface area (Å²) in [7, 11) is 1.60. The largest absolute Gasteiger partial charge is 0.497 e. The lowest BCUT2D eigenvalue weighted by Gasteiger charge is -2.08. The molecule has 0 aliphatic carbocycles. The molecule has 148 valence electrons. The van der Waals surface area contributed by atoms with Crippen molar-refractivity contribution >= 4 is 17.3 Å². The monoisotopic (exact) mass is 391 g/mol. The minimum Gasteiger partial charge on any atom is -0.497 e. The topological polar surface area (TPSA) is 109 Å². The number of aromatic nitrogens is 3. The quantitative estimate of drug-likeness (QED) is 0.403. The van der Waals surface area contributed by atoms with Crippen molar-refractivity contribution in [2.45, 2.75) is 13.8 Å². The summed E-state index contributed by atoms with van der Waals surface area (Å²) in [5.41, 5.74) is 9.80. The molecule has 0 aliphatic rings. The van der Waals surface area contributed by atoms with E-state index in [9.17, 15) is 10.1 Å². The Bertz CT molecular complexity index is 1140. The van der Waals surface area contributed by atoms with E-state index in [1.54, 1.807) is 35.9 Å². The first kappa shape index (κ1) is 19.8. The van der Waals surface area contributed by atoms with Gasteiger partial charge in [0.05, 0.1) is 23.4 Å². The van der Waals surface area contributed by atoms with Gasteiger partial charge in [-0.05, 0) is 42.5 Å². The zero-order valence-corrected chi connectivity index (χ0v) is 16.4. The number of ether oxygens (including phenoxy) is 1. The molecule has 0 amide bonds. The second kappa shape index (κ2) is 8.39. The van der Waals surface area contributed by atoms with Crippen LogP contribution in [-0.4, -0.2) is 26.4 Å². The fourth-order valence-corrected chi connectivity index (χ4v) is 2.98. The van der Waals surface area contributed by atoms with Gasteiger partial charge in [0.15, 0.2) is 0 Å². The number of nitrogens with zero attached hydrogens (tertiary/aromatic N) is 4. The minimum absolute atomic E-state index is 0.0229. The molecule has 0 radical (unpaired) electrons. The van der Waals surface area contributed by atoms with E-state index in [1.165, 1.54) is 12.1 Å². The lowest BCUT2D eigenvalue weighted by Crippen LogP contribution is -2.01. The van der Waals surface area contributed by atoms with Crippen LogP contribution in [0.3, 0.4) is 0 Å². The van der Waals surface area contributed by atoms with Gasteiger partial charge < -0.3 is 10.5 Å². The maximum atomic E-state index is 10.9. The number of rotatable bonds is 4. The number of hydrogen-bond acceptors (Lipinski definition) is 6. The first-order valence-corrected chi connectivity index (χ1v) is 9.10. The van der Waals surface area contributed by atoms with Gasteiger partial charge in [-0.1, -0.05) is 13.8 Å². The Morgan fingerprint density at radius 1 is 1.00 bits per heavy atom. The Labute approximate surface area is 167 Å². The predicted octanol–water partition coefficient (Wildman–Crippen LogP) is 4.59. The molecule has 0 bridgehead atoms. The van der Waals surface area contributed by atoms with E-state index < -0.39 is 4.92 Å². The molecule has 0 saturated carbocycles. The van der Waals surface area contributed by atoms with Gasteiger partial charge in [-0.15, -0.1) is 0 Å². The number of fused-ring (bicyclic) bond motifs is 1. The van der Waals surface area contributed by atoms with Crippen molar-refractivity contribution in [2.75, 3.05) is 12.8 Å². The summed E-state index contributed by atoms with van der Waals surface area (Å²) < 4.78 is 6.99. The second-order valence-electron chi connectivity index (χ2n) is 5.84. The number of imidazole rings is 1. The van der Waals surface area contributed by atoms with Gasteiger partial charge in [0.1, 0.15) is 11.4 Å². The number of nitrogen functional groups attached to an aromatic ring is 1. The fraction of sp³-hybridized carbons (Fsp3) is 0.143. The molecule has 0 fully saturated rings. The first-order valence-electron chi connectivity index (χ1n) is 9.10. The molecule has 2 heterocycles. The van der Waals surface area contributed by atoms with E-state index in [1.807, 2.05) is 38.1 Å². The van der Waals surface area contributed by atoms with E-state index in [0.29, 0.717) is 17.3 Å². The van der Waals surface area contributed by atoms with E-state index in [4.69, 9.17) is 10.5 Å². The van der Waals surface area contributed by atoms with Gasteiger partial charge in [-0.25, -0.2) is 9.97 Å². The molecule has 4 aromatic rings. The number of methoxy groups -OCH3 is 1. The molecule has 0 saturated heterocycles. The van der Waals surface area contributed by atoms with Crippen molar-refractivity contribution in [3.63, 3.8) is 0 Å². The lowest BCUT2D eigenvalue weighted by molar-refractivity contribution is -0.384. The predicted molar refractivity (Wildman–Crippen MR) is 113 cm³/mol. The molecule has 2 aromatic heterocycles. The Morgan fingerprint density at radius 2 is 1.62 bits per heavy atom. The average molecular weight is 391 g/mol. The van der Waals surface area contributed by atoms with Crippen molar-refractivity contribution < 1.29 is 9.66 Å². The van der Waals surface area contributed by atoms with Crippen LogP contribution in [-0.2, 0) is 0 Å². The minimum atomic E-state index is -0.431. The van der Waals surface area contributed by atoms with Gasteiger partial charge in [0.2, 0.25) is 5.95 Å². The Balaban J connectivity index is 0.00000117. The SMILES string of the molecule is CC.COc1ccc(-c2c(-c3ccc([N+](=O)[O-])cc3)nc3ccnc(N)n23)cc1. The molecule has 0 aliphatic heterocycles. The molecule has 8 heteroatoms. The van der Waals surface area contributed by atoms with E-state index in [2.05, 4.69) is 9.97 Å². The number of hydrogen-bond donors (Lipinski definition) is 1. The number of benzene rings is 2. The highest BCUT2D eigenvalue weighted by atomic mass is 16.6. The van der Waals surface area contributed by atoms with Gasteiger partial charge in [0, 0.05) is 29.5 Å². The highest BCUT2D eigenvalue weighted by molar-refractivity contribution is 5.83. The fourth-order valence-electron chi connectivity index (χ4n) is 2.98. The van der Waals surface area contributed by atoms with Crippen molar-refractivity contribution in [3.05, 3.63) is 70.9 Å². The standard InChI is InChI=1S/C19H15N5O3.C2H6/c1-27-15-8-4-13(5-9-15)18-17(12-2-6-14(7-3-12)24(25)26)22-16-10-11-21-19(20)23(16)18;1-2/h2-11H,1H3,(H2,20,21);1-2H3. The summed E-state index contributed by atoms with van der Waals surface area (Å²) in [6.45, 7) is 4.00. The molecular weight excluding hydrogens is 370 g/mol. The molecular formula is C21H21N5O3. The zero-order valence-electron chi connectivity index (χ0n) is 16.4. The number of nitro benzene ring substituents is 1. The summed E-state index contributed by atoms with van der Waals surface area (Å²) in [5.74, 6) is 1.04. The Kier molecular flexibility index (Phi) is 5.73. The van der Waals surface area contributed by atoms with Crippen LogP contribution in [0, 0.1) is 10.1 Å². The van der Waals surface area contributed by atoms with Crippen LogP contribution >= 0.6 is 0 Å². The maximum absolute atomic E-state index is 10.9. The number of non-ortho nitro benzene ring substituents is 1. The normalized spacial score (nSPS) is 10.3. The second-order valence-corrected chi connectivity index (χ2v) is 5.84. The first-order chi connectivity index (χ1) is 14.1. The van der Waals surface area contributed by atoms with E-state index in [0.717, 1.165) is 22.6 Å². The summed E-state index contributed by atoms with van der Waals surface area (Å²) in [5, 5.41) is 10.9.